The molecule has 4 unspecified atom stereocenters. The number of hydrogen-bond donors (Lipinski definition) is 0. The van der Waals surface area contributed by atoms with Crippen LogP contribution in [0.15, 0.2) is 53.7 Å². The maximum atomic E-state index is 12.9. The van der Waals surface area contributed by atoms with Crippen LogP contribution in [0.3, 0.4) is 0 Å². The van der Waals surface area contributed by atoms with Crippen LogP contribution in [0.25, 0.3) is 10.8 Å². The van der Waals surface area contributed by atoms with Crippen LogP contribution in [-0.4, -0.2) is 41.7 Å². The molecule has 2 amide bonds. The maximum Gasteiger partial charge on any atom is 0.344 e. The summed E-state index contributed by atoms with van der Waals surface area (Å²) in [5.74, 6) is -0.874. The lowest BCUT2D eigenvalue weighted by molar-refractivity contribution is -0.149. The van der Waals surface area contributed by atoms with E-state index in [4.69, 9.17) is 9.47 Å². The Morgan fingerprint density at radius 2 is 1.78 bits per heavy atom. The summed E-state index contributed by atoms with van der Waals surface area (Å²) in [5.41, 5.74) is 0.596. The van der Waals surface area contributed by atoms with E-state index in [2.05, 4.69) is 17.3 Å². The van der Waals surface area contributed by atoms with Crippen LogP contribution in [0, 0.1) is 23.7 Å². The molecular formula is C25H24N2O5. The molecule has 0 radical (unpaired) electrons. The van der Waals surface area contributed by atoms with Crippen molar-refractivity contribution in [1.82, 2.24) is 5.01 Å². The number of rotatable bonds is 6. The van der Waals surface area contributed by atoms with Gasteiger partial charge in [-0.2, -0.15) is 10.1 Å². The number of allylic oxidation sites excluding steroid dienone is 2. The molecule has 7 nitrogen and oxygen atoms in total. The molecule has 0 N–H and O–H groups in total. The number of fused-ring (bicyclic) bond motifs is 6. The summed E-state index contributed by atoms with van der Waals surface area (Å²) < 4.78 is 10.9. The van der Waals surface area contributed by atoms with E-state index >= 15 is 0 Å². The summed E-state index contributed by atoms with van der Waals surface area (Å²) in [5, 5.41) is 7.11. The van der Waals surface area contributed by atoms with Gasteiger partial charge >= 0.3 is 5.97 Å². The van der Waals surface area contributed by atoms with Crippen LogP contribution in [0.2, 0.25) is 0 Å². The number of benzene rings is 2. The molecule has 5 rings (SSSR count). The summed E-state index contributed by atoms with van der Waals surface area (Å²) >= 11 is 0. The lowest BCUT2D eigenvalue weighted by Crippen LogP contribution is -2.28. The molecule has 0 aromatic heterocycles. The van der Waals surface area contributed by atoms with Gasteiger partial charge in [-0.25, -0.2) is 4.79 Å². The Morgan fingerprint density at radius 1 is 1.09 bits per heavy atom. The molecule has 1 heterocycles. The molecule has 0 spiro atoms. The summed E-state index contributed by atoms with van der Waals surface area (Å²) in [6, 6.07) is 11.3. The van der Waals surface area contributed by atoms with Crippen LogP contribution < -0.4 is 4.74 Å². The van der Waals surface area contributed by atoms with Gasteiger partial charge in [0.05, 0.1) is 24.2 Å². The van der Waals surface area contributed by atoms with E-state index in [0.717, 1.165) is 22.2 Å². The number of imide groups is 1. The average molecular weight is 432 g/mol. The van der Waals surface area contributed by atoms with Gasteiger partial charge in [-0.05, 0) is 48.9 Å². The Kier molecular flexibility index (Phi) is 5.04. The van der Waals surface area contributed by atoms with Crippen LogP contribution in [0.4, 0.5) is 0 Å². The minimum absolute atomic E-state index is 0.130. The Balaban J connectivity index is 1.44. The van der Waals surface area contributed by atoms with Gasteiger partial charge in [0.15, 0.2) is 6.61 Å². The zero-order chi connectivity index (χ0) is 22.4. The van der Waals surface area contributed by atoms with Crippen LogP contribution >= 0.6 is 0 Å². The fourth-order valence-electron chi connectivity index (χ4n) is 5.08. The fraction of sp³-hybridized carbons (Fsp3) is 0.360. The van der Waals surface area contributed by atoms with E-state index in [-0.39, 0.29) is 48.2 Å². The van der Waals surface area contributed by atoms with Crippen molar-refractivity contribution >= 4 is 34.8 Å². The van der Waals surface area contributed by atoms with Gasteiger partial charge in [-0.3, -0.25) is 9.59 Å². The third-order valence-corrected chi connectivity index (χ3v) is 6.39. The lowest BCUT2D eigenvalue weighted by atomic mass is 9.85. The predicted octanol–water partition coefficient (Wildman–Crippen LogP) is 3.31. The van der Waals surface area contributed by atoms with Crippen molar-refractivity contribution in [2.45, 2.75) is 26.4 Å². The van der Waals surface area contributed by atoms with Crippen LogP contribution in [0.5, 0.6) is 5.75 Å². The summed E-state index contributed by atoms with van der Waals surface area (Å²) in [6.07, 6.45) is 6.23. The van der Waals surface area contributed by atoms with Gasteiger partial charge in [0.1, 0.15) is 5.75 Å². The Morgan fingerprint density at radius 3 is 2.47 bits per heavy atom. The molecule has 2 aliphatic carbocycles. The van der Waals surface area contributed by atoms with E-state index in [1.165, 1.54) is 6.21 Å². The molecule has 164 valence electrons. The van der Waals surface area contributed by atoms with Crippen molar-refractivity contribution in [3.05, 3.63) is 54.1 Å². The van der Waals surface area contributed by atoms with Crippen molar-refractivity contribution in [3.63, 3.8) is 0 Å². The first-order chi connectivity index (χ1) is 15.4. The quantitative estimate of drug-likeness (QED) is 0.303. The minimum Gasteiger partial charge on any atom is -0.481 e. The van der Waals surface area contributed by atoms with E-state index in [1.807, 2.05) is 30.3 Å². The first-order valence-corrected chi connectivity index (χ1v) is 10.9. The van der Waals surface area contributed by atoms with E-state index in [0.29, 0.717) is 11.3 Å². The zero-order valence-corrected chi connectivity index (χ0v) is 17.9. The topological polar surface area (TPSA) is 85.3 Å². The first-order valence-electron chi connectivity index (χ1n) is 10.9. The highest BCUT2D eigenvalue weighted by molar-refractivity contribution is 6.08. The van der Waals surface area contributed by atoms with Crippen LogP contribution in [-0.2, 0) is 19.1 Å². The van der Waals surface area contributed by atoms with Crippen molar-refractivity contribution in [2.75, 3.05) is 6.61 Å². The zero-order valence-electron chi connectivity index (χ0n) is 17.9. The molecule has 3 aliphatic rings. The monoisotopic (exact) mass is 432 g/mol. The maximum absolute atomic E-state index is 12.9. The van der Waals surface area contributed by atoms with Crippen LogP contribution in [0.1, 0.15) is 25.8 Å². The van der Waals surface area contributed by atoms with Gasteiger partial charge in [0, 0.05) is 5.56 Å². The number of esters is 1. The Bertz CT molecular complexity index is 1140. The second kappa shape index (κ2) is 7.89. The highest BCUT2D eigenvalue weighted by atomic mass is 16.6. The van der Waals surface area contributed by atoms with E-state index in [1.54, 1.807) is 19.9 Å². The average Bonchev–Trinajstić information content (AvgIpc) is 3.45. The molecule has 2 aromatic rings. The van der Waals surface area contributed by atoms with Crippen molar-refractivity contribution in [1.29, 1.82) is 0 Å². The first kappa shape index (κ1) is 20.4. The third kappa shape index (κ3) is 3.38. The van der Waals surface area contributed by atoms with E-state index < -0.39 is 5.97 Å². The summed E-state index contributed by atoms with van der Waals surface area (Å²) in [6.45, 7) is 3.29. The smallest absolute Gasteiger partial charge is 0.344 e. The molecule has 4 atom stereocenters. The molecular weight excluding hydrogens is 408 g/mol. The standard InChI is InChI=1S/C25H24N2O5/c1-14(2)32-21(28)13-31-20-10-9-15-5-3-4-6-18(15)19(20)12-26-27-24(29)22-16-7-8-17(11-16)23(22)25(27)30/h3-10,12,14,16-17,22-23H,11,13H2,1-2H3. The lowest BCUT2D eigenvalue weighted by Gasteiger charge is -2.14. The van der Waals surface area contributed by atoms with E-state index in [9.17, 15) is 14.4 Å². The molecule has 1 saturated heterocycles. The number of carbonyl (C=O) groups excluding carboxylic acids is 3. The molecule has 2 bridgehead atoms. The van der Waals surface area contributed by atoms with Gasteiger partial charge in [-0.1, -0.05) is 42.5 Å². The number of ether oxygens (including phenoxy) is 2. The van der Waals surface area contributed by atoms with Crippen molar-refractivity contribution in [2.24, 2.45) is 28.8 Å². The number of hydrazone groups is 1. The predicted molar refractivity (Wildman–Crippen MR) is 118 cm³/mol. The molecule has 2 fully saturated rings. The minimum atomic E-state index is -0.475. The Labute approximate surface area is 185 Å². The second-order valence-electron chi connectivity index (χ2n) is 8.76. The normalized spacial score (nSPS) is 26.0. The number of carbonyl (C=O) groups is 3. The molecule has 32 heavy (non-hydrogen) atoms. The van der Waals surface area contributed by atoms with Gasteiger partial charge in [0.25, 0.3) is 11.8 Å². The fourth-order valence-corrected chi connectivity index (χ4v) is 5.08. The molecule has 7 heteroatoms. The molecule has 1 aliphatic heterocycles. The molecule has 1 saturated carbocycles. The summed E-state index contributed by atoms with van der Waals surface area (Å²) in [7, 11) is 0. The SMILES string of the molecule is CC(C)OC(=O)COc1ccc2ccccc2c1C=NN1C(=O)C2C3C=CC(C3)C2C1=O. The summed E-state index contributed by atoms with van der Waals surface area (Å²) in [4.78, 5) is 37.8. The highest BCUT2D eigenvalue weighted by Gasteiger charge is 2.59. The van der Waals surface area contributed by atoms with Crippen molar-refractivity contribution < 1.29 is 23.9 Å². The number of hydrogen-bond acceptors (Lipinski definition) is 6. The second-order valence-corrected chi connectivity index (χ2v) is 8.76. The number of nitrogens with zero attached hydrogens (tertiary/aromatic N) is 2. The van der Waals surface area contributed by atoms with Gasteiger partial charge < -0.3 is 9.47 Å². The largest absolute Gasteiger partial charge is 0.481 e. The molecule has 2 aromatic carbocycles. The third-order valence-electron chi connectivity index (χ3n) is 6.39. The highest BCUT2D eigenvalue weighted by Crippen LogP contribution is 2.52. The van der Waals surface area contributed by atoms with Crippen molar-refractivity contribution in [3.8, 4) is 5.75 Å². The van der Waals surface area contributed by atoms with Gasteiger partial charge in [-0.15, -0.1) is 0 Å². The number of amides is 2. The van der Waals surface area contributed by atoms with Gasteiger partial charge in [0.2, 0.25) is 0 Å². The Hall–Kier alpha value is -3.48.